The van der Waals surface area contributed by atoms with Gasteiger partial charge in [-0.25, -0.2) is 0 Å². The Morgan fingerprint density at radius 2 is 2.07 bits per heavy atom. The molecule has 0 aliphatic carbocycles. The fourth-order valence-corrected chi connectivity index (χ4v) is 3.04. The number of carbonyl (C=O) groups excluding carboxylic acids is 1. The van der Waals surface area contributed by atoms with E-state index in [0.29, 0.717) is 17.8 Å². The van der Waals surface area contributed by atoms with Gasteiger partial charge in [0, 0.05) is 18.3 Å². The second-order valence-corrected chi connectivity index (χ2v) is 6.33. The van der Waals surface area contributed by atoms with Crippen LogP contribution in [0.1, 0.15) is 35.3 Å². The van der Waals surface area contributed by atoms with Gasteiger partial charge in [0.25, 0.3) is 0 Å². The first-order valence-corrected chi connectivity index (χ1v) is 9.07. The van der Waals surface area contributed by atoms with E-state index >= 15 is 0 Å². The molecular weight excluding hydrogens is 366 g/mol. The fourth-order valence-electron chi connectivity index (χ4n) is 3.04. The molecule has 148 valence electrons. The van der Waals surface area contributed by atoms with Crippen molar-refractivity contribution in [1.29, 1.82) is 0 Å². The topological polar surface area (TPSA) is 75.6 Å². The van der Waals surface area contributed by atoms with Gasteiger partial charge in [-0.3, -0.25) is 14.8 Å². The van der Waals surface area contributed by atoms with Gasteiger partial charge in [-0.1, -0.05) is 30.3 Å². The van der Waals surface area contributed by atoms with Crippen molar-refractivity contribution in [3.63, 3.8) is 0 Å². The zero-order valence-electron chi connectivity index (χ0n) is 15.5. The standard InChI is InChI=1S/C20H22F2N4O2/c1-2-23-19-16-11-24-15(8-14(16)10-25-19)9-18(27)26-17(12-28-20(21)22)13-6-4-3-5-7-13/h3-8,11,17,20H,2,9-10,12H2,1H3,(H,23,25)(H,26,27)/t17-/m1/s1. The Kier molecular flexibility index (Phi) is 6.65. The van der Waals surface area contributed by atoms with E-state index in [2.05, 4.69) is 25.3 Å². The Morgan fingerprint density at radius 3 is 2.79 bits per heavy atom. The first-order valence-electron chi connectivity index (χ1n) is 9.07. The van der Waals surface area contributed by atoms with Gasteiger partial charge in [-0.2, -0.15) is 8.78 Å². The van der Waals surface area contributed by atoms with Crippen molar-refractivity contribution in [3.05, 3.63) is 65.0 Å². The Labute approximate surface area is 162 Å². The first-order chi connectivity index (χ1) is 13.6. The average molecular weight is 388 g/mol. The lowest BCUT2D eigenvalue weighted by molar-refractivity contribution is -0.138. The zero-order chi connectivity index (χ0) is 19.9. The number of rotatable bonds is 8. The van der Waals surface area contributed by atoms with Gasteiger partial charge in [0.05, 0.1) is 31.3 Å². The molecule has 0 saturated heterocycles. The van der Waals surface area contributed by atoms with Gasteiger partial charge >= 0.3 is 6.61 Å². The number of benzene rings is 1. The Balaban J connectivity index is 1.65. The van der Waals surface area contributed by atoms with Crippen LogP contribution < -0.4 is 10.6 Å². The molecule has 6 nitrogen and oxygen atoms in total. The van der Waals surface area contributed by atoms with E-state index in [4.69, 9.17) is 0 Å². The van der Waals surface area contributed by atoms with Gasteiger partial charge in [-0.15, -0.1) is 0 Å². The summed E-state index contributed by atoms with van der Waals surface area (Å²) in [5.74, 6) is 0.499. The number of carbonyl (C=O) groups is 1. The minimum atomic E-state index is -2.90. The van der Waals surface area contributed by atoms with E-state index in [1.165, 1.54) is 0 Å². The van der Waals surface area contributed by atoms with E-state index in [-0.39, 0.29) is 18.9 Å². The van der Waals surface area contributed by atoms with Crippen molar-refractivity contribution in [3.8, 4) is 0 Å². The van der Waals surface area contributed by atoms with Crippen LogP contribution in [0.25, 0.3) is 0 Å². The molecule has 2 aromatic rings. The van der Waals surface area contributed by atoms with Crippen LogP contribution in [0.3, 0.4) is 0 Å². The second kappa shape index (κ2) is 9.36. The molecule has 8 heteroatoms. The van der Waals surface area contributed by atoms with Gasteiger partial charge in [0.1, 0.15) is 5.84 Å². The summed E-state index contributed by atoms with van der Waals surface area (Å²) in [5.41, 5.74) is 3.25. The number of aromatic nitrogens is 1. The molecule has 1 aromatic heterocycles. The van der Waals surface area contributed by atoms with Crippen LogP contribution >= 0.6 is 0 Å². The molecule has 0 bridgehead atoms. The lowest BCUT2D eigenvalue weighted by Crippen LogP contribution is -2.33. The number of aliphatic imine (C=N–C) groups is 1. The molecule has 1 aliphatic rings. The number of ether oxygens (including phenoxy) is 1. The molecule has 1 atom stereocenters. The Hall–Kier alpha value is -2.87. The average Bonchev–Trinajstić information content (AvgIpc) is 3.08. The normalized spacial score (nSPS) is 13.8. The van der Waals surface area contributed by atoms with E-state index in [9.17, 15) is 13.6 Å². The number of halogens is 2. The van der Waals surface area contributed by atoms with Gasteiger partial charge < -0.3 is 15.4 Å². The van der Waals surface area contributed by atoms with E-state index in [1.54, 1.807) is 30.5 Å². The highest BCUT2D eigenvalue weighted by molar-refractivity contribution is 6.01. The first kappa shape index (κ1) is 19.9. The van der Waals surface area contributed by atoms with Gasteiger partial charge in [-0.05, 0) is 24.1 Å². The fraction of sp³-hybridized carbons (Fsp3) is 0.350. The van der Waals surface area contributed by atoms with Crippen molar-refractivity contribution in [2.24, 2.45) is 4.99 Å². The summed E-state index contributed by atoms with van der Waals surface area (Å²) in [6.07, 6.45) is 1.75. The molecule has 2 N–H and O–H groups in total. The number of nitrogens with one attached hydrogen (secondary N) is 2. The van der Waals surface area contributed by atoms with Crippen LogP contribution in [-0.4, -0.2) is 36.5 Å². The highest BCUT2D eigenvalue weighted by Gasteiger charge is 2.20. The van der Waals surface area contributed by atoms with Crippen LogP contribution in [-0.2, 0) is 22.5 Å². The Bertz CT molecular complexity index is 843. The molecule has 0 fully saturated rings. The van der Waals surface area contributed by atoms with Crippen molar-refractivity contribution < 1.29 is 18.3 Å². The van der Waals surface area contributed by atoms with Gasteiger partial charge in [0.2, 0.25) is 5.91 Å². The summed E-state index contributed by atoms with van der Waals surface area (Å²) in [6, 6.07) is 10.1. The van der Waals surface area contributed by atoms with Crippen molar-refractivity contribution in [2.75, 3.05) is 13.2 Å². The number of pyridine rings is 1. The summed E-state index contributed by atoms with van der Waals surface area (Å²) >= 11 is 0. The van der Waals surface area contributed by atoms with Crippen molar-refractivity contribution >= 4 is 11.7 Å². The SMILES string of the molecule is CCNC1=NCc2cc(CC(=O)N[C@H](COC(F)F)c3ccccc3)ncc21. The van der Waals surface area contributed by atoms with Crippen LogP contribution in [0.5, 0.6) is 0 Å². The highest BCUT2D eigenvalue weighted by Crippen LogP contribution is 2.19. The minimum Gasteiger partial charge on any atom is -0.370 e. The predicted molar refractivity (Wildman–Crippen MR) is 101 cm³/mol. The molecule has 28 heavy (non-hydrogen) atoms. The molecule has 0 radical (unpaired) electrons. The number of hydrogen-bond acceptors (Lipinski definition) is 5. The second-order valence-electron chi connectivity index (χ2n) is 6.33. The molecule has 2 heterocycles. The molecule has 0 spiro atoms. The summed E-state index contributed by atoms with van der Waals surface area (Å²) in [6.45, 7) is 0.0963. The molecular formula is C20H22F2N4O2. The molecule has 0 unspecified atom stereocenters. The lowest BCUT2D eigenvalue weighted by Gasteiger charge is -2.19. The van der Waals surface area contributed by atoms with E-state index in [0.717, 1.165) is 23.5 Å². The van der Waals surface area contributed by atoms with Gasteiger partial charge in [0.15, 0.2) is 0 Å². The third kappa shape index (κ3) is 5.10. The number of amides is 1. The third-order valence-corrected chi connectivity index (χ3v) is 4.32. The monoisotopic (exact) mass is 388 g/mol. The van der Waals surface area contributed by atoms with E-state index < -0.39 is 12.7 Å². The lowest BCUT2D eigenvalue weighted by atomic mass is 10.1. The van der Waals surface area contributed by atoms with Crippen LogP contribution in [0.15, 0.2) is 47.6 Å². The number of amidine groups is 1. The third-order valence-electron chi connectivity index (χ3n) is 4.32. The Morgan fingerprint density at radius 1 is 1.29 bits per heavy atom. The number of fused-ring (bicyclic) bond motifs is 1. The summed E-state index contributed by atoms with van der Waals surface area (Å²) in [4.78, 5) is 21.2. The van der Waals surface area contributed by atoms with Crippen LogP contribution in [0.2, 0.25) is 0 Å². The molecule has 1 aliphatic heterocycles. The summed E-state index contributed by atoms with van der Waals surface area (Å²) < 4.78 is 29.3. The quantitative estimate of drug-likeness (QED) is 0.729. The zero-order valence-corrected chi connectivity index (χ0v) is 15.5. The highest BCUT2D eigenvalue weighted by atomic mass is 19.3. The maximum absolute atomic E-state index is 12.5. The maximum Gasteiger partial charge on any atom is 0.345 e. The maximum atomic E-state index is 12.5. The smallest absolute Gasteiger partial charge is 0.345 e. The summed E-state index contributed by atoms with van der Waals surface area (Å²) in [5, 5.41) is 5.94. The number of alkyl halides is 2. The number of nitrogens with zero attached hydrogens (tertiary/aromatic N) is 2. The van der Waals surface area contributed by atoms with Crippen molar-refractivity contribution in [2.45, 2.75) is 32.5 Å². The van der Waals surface area contributed by atoms with E-state index in [1.807, 2.05) is 19.1 Å². The molecule has 1 amide bonds. The summed E-state index contributed by atoms with van der Waals surface area (Å²) in [7, 11) is 0. The van der Waals surface area contributed by atoms with Crippen molar-refractivity contribution in [1.82, 2.24) is 15.6 Å². The largest absolute Gasteiger partial charge is 0.370 e. The number of hydrogen-bond donors (Lipinski definition) is 2. The minimum absolute atomic E-state index is 0.0435. The molecule has 3 rings (SSSR count). The van der Waals surface area contributed by atoms with Crippen LogP contribution in [0, 0.1) is 0 Å². The van der Waals surface area contributed by atoms with Crippen LogP contribution in [0.4, 0.5) is 8.78 Å². The molecule has 1 aromatic carbocycles. The molecule has 0 saturated carbocycles. The predicted octanol–water partition coefficient (Wildman–Crippen LogP) is 2.59.